The van der Waals surface area contributed by atoms with Gasteiger partial charge in [-0.3, -0.25) is 10.2 Å². The lowest BCUT2D eigenvalue weighted by Crippen LogP contribution is -2.30. The van der Waals surface area contributed by atoms with Gasteiger partial charge in [0.1, 0.15) is 12.4 Å². The number of aromatic nitrogens is 3. The number of ether oxygens (including phenoxy) is 1. The summed E-state index contributed by atoms with van der Waals surface area (Å²) in [5.74, 6) is 5.31. The van der Waals surface area contributed by atoms with E-state index in [0.717, 1.165) is 5.75 Å². The minimum atomic E-state index is -0.467. The SMILES string of the molecule is NNC(=O)c1cn(CCOc2ccccc2)nn1. The van der Waals surface area contributed by atoms with Crippen LogP contribution in [0.3, 0.4) is 0 Å². The summed E-state index contributed by atoms with van der Waals surface area (Å²) in [5.41, 5.74) is 2.17. The number of nitrogens with zero attached hydrogens (tertiary/aromatic N) is 3. The molecule has 1 amide bonds. The van der Waals surface area contributed by atoms with E-state index in [1.807, 2.05) is 35.8 Å². The van der Waals surface area contributed by atoms with Gasteiger partial charge in [0.25, 0.3) is 5.91 Å². The highest BCUT2D eigenvalue weighted by Crippen LogP contribution is 2.07. The molecule has 2 aromatic rings. The number of hydrogen-bond acceptors (Lipinski definition) is 5. The third kappa shape index (κ3) is 3.05. The topological polar surface area (TPSA) is 95.1 Å². The Morgan fingerprint density at radius 1 is 1.39 bits per heavy atom. The molecule has 18 heavy (non-hydrogen) atoms. The Balaban J connectivity index is 1.84. The van der Waals surface area contributed by atoms with Crippen molar-refractivity contribution in [2.45, 2.75) is 6.54 Å². The average molecular weight is 247 g/mol. The molecule has 0 unspecified atom stereocenters. The Labute approximate surface area is 104 Å². The Kier molecular flexibility index (Phi) is 3.87. The molecule has 0 saturated heterocycles. The van der Waals surface area contributed by atoms with E-state index in [4.69, 9.17) is 10.6 Å². The largest absolute Gasteiger partial charge is 0.492 e. The predicted octanol–water partition coefficient (Wildman–Crippen LogP) is -0.0394. The number of hydrazine groups is 1. The van der Waals surface area contributed by atoms with Crippen molar-refractivity contribution in [3.05, 3.63) is 42.2 Å². The fourth-order valence-electron chi connectivity index (χ4n) is 1.36. The summed E-state index contributed by atoms with van der Waals surface area (Å²) in [7, 11) is 0. The lowest BCUT2D eigenvalue weighted by Gasteiger charge is -2.04. The second-order valence-corrected chi connectivity index (χ2v) is 3.50. The molecule has 0 radical (unpaired) electrons. The zero-order chi connectivity index (χ0) is 12.8. The van der Waals surface area contributed by atoms with Crippen LogP contribution in [0.1, 0.15) is 10.5 Å². The molecule has 3 N–H and O–H groups in total. The van der Waals surface area contributed by atoms with Crippen LogP contribution in [0.15, 0.2) is 36.5 Å². The van der Waals surface area contributed by atoms with Crippen LogP contribution in [-0.2, 0) is 6.54 Å². The summed E-state index contributed by atoms with van der Waals surface area (Å²) in [5, 5.41) is 7.46. The first kappa shape index (κ1) is 12.1. The van der Waals surface area contributed by atoms with Crippen LogP contribution in [0.2, 0.25) is 0 Å². The molecule has 0 atom stereocenters. The number of para-hydroxylation sites is 1. The van der Waals surface area contributed by atoms with Crippen LogP contribution in [0.25, 0.3) is 0 Å². The quantitative estimate of drug-likeness (QED) is 0.439. The van der Waals surface area contributed by atoms with Crippen molar-refractivity contribution in [2.75, 3.05) is 6.61 Å². The van der Waals surface area contributed by atoms with Crippen molar-refractivity contribution < 1.29 is 9.53 Å². The van der Waals surface area contributed by atoms with Crippen molar-refractivity contribution in [3.63, 3.8) is 0 Å². The van der Waals surface area contributed by atoms with E-state index in [9.17, 15) is 4.79 Å². The van der Waals surface area contributed by atoms with Gasteiger partial charge in [0.15, 0.2) is 5.69 Å². The molecule has 2 rings (SSSR count). The van der Waals surface area contributed by atoms with Gasteiger partial charge in [-0.25, -0.2) is 10.5 Å². The van der Waals surface area contributed by atoms with E-state index in [1.54, 1.807) is 0 Å². The molecule has 7 nitrogen and oxygen atoms in total. The van der Waals surface area contributed by atoms with Gasteiger partial charge in [-0.05, 0) is 12.1 Å². The van der Waals surface area contributed by atoms with E-state index < -0.39 is 5.91 Å². The summed E-state index contributed by atoms with van der Waals surface area (Å²) in [6.07, 6.45) is 1.51. The van der Waals surface area contributed by atoms with Crippen LogP contribution in [0.4, 0.5) is 0 Å². The molecule has 7 heteroatoms. The lowest BCUT2D eigenvalue weighted by molar-refractivity contribution is 0.0948. The molecule has 0 bridgehead atoms. The zero-order valence-electron chi connectivity index (χ0n) is 9.61. The molecule has 0 saturated carbocycles. The van der Waals surface area contributed by atoms with Gasteiger partial charge in [-0.2, -0.15) is 0 Å². The van der Waals surface area contributed by atoms with Crippen LogP contribution >= 0.6 is 0 Å². The van der Waals surface area contributed by atoms with Crippen molar-refractivity contribution in [1.82, 2.24) is 20.4 Å². The van der Waals surface area contributed by atoms with E-state index in [-0.39, 0.29) is 5.69 Å². The predicted molar refractivity (Wildman–Crippen MR) is 63.6 cm³/mol. The molecule has 1 aromatic carbocycles. The summed E-state index contributed by atoms with van der Waals surface area (Å²) >= 11 is 0. The van der Waals surface area contributed by atoms with Gasteiger partial charge in [0.2, 0.25) is 0 Å². The van der Waals surface area contributed by atoms with E-state index in [2.05, 4.69) is 10.3 Å². The number of nitrogens with two attached hydrogens (primary N) is 1. The van der Waals surface area contributed by atoms with Gasteiger partial charge in [-0.1, -0.05) is 23.4 Å². The first-order chi connectivity index (χ1) is 8.79. The fourth-order valence-corrected chi connectivity index (χ4v) is 1.36. The standard InChI is InChI=1S/C11H13N5O2/c12-13-11(17)10-8-16(15-14-10)6-7-18-9-4-2-1-3-5-9/h1-5,8H,6-7,12H2,(H,13,17). The summed E-state index contributed by atoms with van der Waals surface area (Å²) < 4.78 is 7.01. The summed E-state index contributed by atoms with van der Waals surface area (Å²) in [6.45, 7) is 0.941. The number of hydrogen-bond donors (Lipinski definition) is 2. The highest BCUT2D eigenvalue weighted by atomic mass is 16.5. The summed E-state index contributed by atoms with van der Waals surface area (Å²) in [6, 6.07) is 9.45. The molecule has 1 aromatic heterocycles. The Morgan fingerprint density at radius 2 is 2.17 bits per heavy atom. The van der Waals surface area contributed by atoms with Gasteiger partial charge in [-0.15, -0.1) is 5.10 Å². The van der Waals surface area contributed by atoms with Crippen LogP contribution in [-0.4, -0.2) is 27.5 Å². The summed E-state index contributed by atoms with van der Waals surface area (Å²) in [4.78, 5) is 11.1. The van der Waals surface area contributed by atoms with E-state index in [1.165, 1.54) is 10.9 Å². The molecule has 1 heterocycles. The van der Waals surface area contributed by atoms with Crippen LogP contribution < -0.4 is 16.0 Å². The zero-order valence-corrected chi connectivity index (χ0v) is 9.61. The molecule has 0 spiro atoms. The molecule has 0 fully saturated rings. The second kappa shape index (κ2) is 5.78. The number of rotatable bonds is 5. The van der Waals surface area contributed by atoms with Crippen molar-refractivity contribution in [2.24, 2.45) is 5.84 Å². The first-order valence-electron chi connectivity index (χ1n) is 5.38. The third-order valence-corrected chi connectivity index (χ3v) is 2.23. The van der Waals surface area contributed by atoms with Gasteiger partial charge >= 0.3 is 0 Å². The van der Waals surface area contributed by atoms with Crippen molar-refractivity contribution in [3.8, 4) is 5.75 Å². The maximum absolute atomic E-state index is 11.1. The number of nitrogen functional groups attached to an aromatic ring is 1. The monoisotopic (exact) mass is 247 g/mol. The highest BCUT2D eigenvalue weighted by molar-refractivity contribution is 5.91. The van der Waals surface area contributed by atoms with E-state index >= 15 is 0 Å². The number of benzene rings is 1. The smallest absolute Gasteiger partial charge is 0.287 e. The minimum absolute atomic E-state index is 0.178. The maximum atomic E-state index is 11.1. The maximum Gasteiger partial charge on any atom is 0.287 e. The lowest BCUT2D eigenvalue weighted by atomic mass is 10.3. The molecular weight excluding hydrogens is 234 g/mol. The van der Waals surface area contributed by atoms with Gasteiger partial charge in [0.05, 0.1) is 12.7 Å². The second-order valence-electron chi connectivity index (χ2n) is 3.50. The van der Waals surface area contributed by atoms with Gasteiger partial charge < -0.3 is 4.74 Å². The fraction of sp³-hybridized carbons (Fsp3) is 0.182. The third-order valence-electron chi connectivity index (χ3n) is 2.23. The molecule has 0 aliphatic carbocycles. The Bertz CT molecular complexity index is 511. The van der Waals surface area contributed by atoms with Crippen LogP contribution in [0, 0.1) is 0 Å². The molecule has 0 aliphatic rings. The van der Waals surface area contributed by atoms with Crippen LogP contribution in [0.5, 0.6) is 5.75 Å². The minimum Gasteiger partial charge on any atom is -0.492 e. The molecule has 94 valence electrons. The van der Waals surface area contributed by atoms with Crippen molar-refractivity contribution >= 4 is 5.91 Å². The van der Waals surface area contributed by atoms with Gasteiger partial charge in [0, 0.05) is 0 Å². The number of carbonyl (C=O) groups is 1. The Morgan fingerprint density at radius 3 is 2.89 bits per heavy atom. The number of amides is 1. The first-order valence-corrected chi connectivity index (χ1v) is 5.38. The van der Waals surface area contributed by atoms with E-state index in [0.29, 0.717) is 13.2 Å². The number of nitrogens with one attached hydrogen (secondary N) is 1. The highest BCUT2D eigenvalue weighted by Gasteiger charge is 2.08. The molecular formula is C11H13N5O2. The average Bonchev–Trinajstić information content (AvgIpc) is 2.88. The number of carbonyl (C=O) groups excluding carboxylic acids is 1. The normalized spacial score (nSPS) is 10.1. The molecule has 0 aliphatic heterocycles. The van der Waals surface area contributed by atoms with Crippen molar-refractivity contribution in [1.29, 1.82) is 0 Å². The Hall–Kier alpha value is -2.41.